The number of carboxylic acid groups (broad SMARTS) is 1. The van der Waals surface area contributed by atoms with Gasteiger partial charge in [-0.3, -0.25) is 4.68 Å². The molecule has 1 aliphatic rings. The quantitative estimate of drug-likeness (QED) is 0.197. The van der Waals surface area contributed by atoms with E-state index < -0.39 is 17.7 Å². The van der Waals surface area contributed by atoms with E-state index in [2.05, 4.69) is 30.0 Å². The van der Waals surface area contributed by atoms with Crippen molar-refractivity contribution in [1.29, 1.82) is 0 Å². The zero-order chi connectivity index (χ0) is 30.6. The Morgan fingerprint density at radius 1 is 1.16 bits per heavy atom. The molecule has 0 aliphatic carbocycles. The Hall–Kier alpha value is -3.46. The first-order valence-electron chi connectivity index (χ1n) is 14.8. The number of carboxylic acids is 1. The van der Waals surface area contributed by atoms with E-state index in [0.717, 1.165) is 67.3 Å². The lowest BCUT2D eigenvalue weighted by molar-refractivity contribution is -0.160. The molecular weight excluding hydrogens is 580 g/mol. The van der Waals surface area contributed by atoms with Crippen molar-refractivity contribution in [3.05, 3.63) is 64.7 Å². The number of aliphatic carboxylic acids is 1. The van der Waals surface area contributed by atoms with Crippen LogP contribution >= 0.6 is 22.9 Å². The van der Waals surface area contributed by atoms with Gasteiger partial charge in [0, 0.05) is 47.2 Å². The van der Waals surface area contributed by atoms with Crippen molar-refractivity contribution in [2.45, 2.75) is 59.2 Å². The summed E-state index contributed by atoms with van der Waals surface area (Å²) in [6, 6.07) is 15.9. The van der Waals surface area contributed by atoms with Crippen LogP contribution in [0.3, 0.4) is 0 Å². The molecule has 6 rings (SSSR count). The third-order valence-electron chi connectivity index (χ3n) is 8.26. The van der Waals surface area contributed by atoms with Crippen LogP contribution in [0.4, 0.5) is 5.82 Å². The van der Waals surface area contributed by atoms with Crippen LogP contribution in [0.25, 0.3) is 42.8 Å². The first kappa shape index (κ1) is 29.6. The van der Waals surface area contributed by atoms with Crippen molar-refractivity contribution in [2.24, 2.45) is 13.0 Å². The second kappa shape index (κ2) is 11.2. The van der Waals surface area contributed by atoms with E-state index in [-0.39, 0.29) is 0 Å². The minimum absolute atomic E-state index is 0.615. The molecule has 224 valence electrons. The Kier molecular flexibility index (Phi) is 7.73. The lowest BCUT2D eigenvalue weighted by Gasteiger charge is -2.28. The number of fused-ring (bicyclic) bond motifs is 2. The van der Waals surface area contributed by atoms with Crippen LogP contribution in [0.15, 0.2) is 48.5 Å². The van der Waals surface area contributed by atoms with Gasteiger partial charge in [0.25, 0.3) is 0 Å². The normalized spacial score (nSPS) is 16.4. The predicted molar refractivity (Wildman–Crippen MR) is 176 cm³/mol. The zero-order valence-corrected chi connectivity index (χ0v) is 27.0. The van der Waals surface area contributed by atoms with E-state index in [0.29, 0.717) is 16.5 Å². The molecule has 0 bridgehead atoms. The predicted octanol–water partition coefficient (Wildman–Crippen LogP) is 8.66. The first-order valence-corrected chi connectivity index (χ1v) is 16.0. The average molecular weight is 617 g/mol. The highest BCUT2D eigenvalue weighted by Gasteiger charge is 2.32. The van der Waals surface area contributed by atoms with Crippen molar-refractivity contribution in [3.63, 3.8) is 0 Å². The molecule has 1 fully saturated rings. The molecule has 7 nitrogen and oxygen atoms in total. The Balaban J connectivity index is 1.54. The standard InChI is InChI=1S/C34H37ClN4O3S/c1-7-20-14-15-39(18-20)31-24-17-22(10-13-26(24)38(6)37-31)32-36-25-16-19(2)27(29(33(40)41)42-34(3,4)5)28(30(25)43-32)21-8-11-23(35)12-9-21/h8-13,16-17,20,29H,7,14-15,18H2,1-6H3,(H,40,41)/t20?,29-/m0/s1. The maximum atomic E-state index is 12.7. The number of benzene rings is 3. The summed E-state index contributed by atoms with van der Waals surface area (Å²) in [4.78, 5) is 20.2. The average Bonchev–Trinajstić information content (AvgIpc) is 3.68. The third kappa shape index (κ3) is 5.64. The maximum absolute atomic E-state index is 12.7. The fraction of sp³-hybridized carbons (Fsp3) is 0.382. The Morgan fingerprint density at radius 3 is 2.53 bits per heavy atom. The molecule has 43 heavy (non-hydrogen) atoms. The van der Waals surface area contributed by atoms with Gasteiger partial charge in [-0.1, -0.05) is 37.1 Å². The third-order valence-corrected chi connectivity index (χ3v) is 9.65. The largest absolute Gasteiger partial charge is 0.479 e. The number of carbonyl (C=O) groups is 1. The van der Waals surface area contributed by atoms with Gasteiger partial charge in [-0.25, -0.2) is 9.78 Å². The highest BCUT2D eigenvalue weighted by Crippen LogP contribution is 2.45. The SMILES string of the molecule is CCC1CCN(c2nn(C)c3ccc(-c4nc5cc(C)c([C@H](OC(C)(C)C)C(=O)O)c(-c6ccc(Cl)cc6)c5s4)cc23)C1. The number of rotatable bonds is 7. The van der Waals surface area contributed by atoms with Gasteiger partial charge in [-0.2, -0.15) is 5.10 Å². The van der Waals surface area contributed by atoms with Crippen LogP contribution in [0.2, 0.25) is 5.02 Å². The summed E-state index contributed by atoms with van der Waals surface area (Å²) in [7, 11) is 2.00. The van der Waals surface area contributed by atoms with Crippen LogP contribution in [0.5, 0.6) is 0 Å². The van der Waals surface area contributed by atoms with Crippen molar-refractivity contribution in [1.82, 2.24) is 14.8 Å². The van der Waals surface area contributed by atoms with Gasteiger partial charge < -0.3 is 14.7 Å². The minimum Gasteiger partial charge on any atom is -0.479 e. The van der Waals surface area contributed by atoms with Crippen molar-refractivity contribution in [2.75, 3.05) is 18.0 Å². The summed E-state index contributed by atoms with van der Waals surface area (Å²) < 4.78 is 9.04. The molecule has 1 saturated heterocycles. The summed E-state index contributed by atoms with van der Waals surface area (Å²) in [5, 5.41) is 17.9. The summed E-state index contributed by atoms with van der Waals surface area (Å²) in [6.07, 6.45) is 1.22. The zero-order valence-electron chi connectivity index (χ0n) is 25.4. The second-order valence-corrected chi connectivity index (χ2v) is 13.9. The van der Waals surface area contributed by atoms with E-state index in [4.69, 9.17) is 26.4 Å². The van der Waals surface area contributed by atoms with Crippen LogP contribution in [-0.2, 0) is 16.6 Å². The maximum Gasteiger partial charge on any atom is 0.337 e. The van der Waals surface area contributed by atoms with E-state index in [1.54, 1.807) is 11.3 Å². The molecule has 0 spiro atoms. The number of anilines is 1. The van der Waals surface area contributed by atoms with Gasteiger partial charge in [-0.15, -0.1) is 11.3 Å². The number of hydrogen-bond donors (Lipinski definition) is 1. The van der Waals surface area contributed by atoms with E-state index in [9.17, 15) is 9.90 Å². The van der Waals surface area contributed by atoms with E-state index >= 15 is 0 Å². The monoisotopic (exact) mass is 616 g/mol. The molecule has 5 aromatic rings. The molecule has 9 heteroatoms. The van der Waals surface area contributed by atoms with Crippen LogP contribution in [-0.4, -0.2) is 44.5 Å². The Morgan fingerprint density at radius 2 is 1.88 bits per heavy atom. The van der Waals surface area contributed by atoms with Gasteiger partial charge in [0.15, 0.2) is 11.9 Å². The van der Waals surface area contributed by atoms with Crippen LogP contribution < -0.4 is 4.90 Å². The molecular formula is C34H37ClN4O3S. The first-order chi connectivity index (χ1) is 20.4. The minimum atomic E-state index is -1.15. The van der Waals surface area contributed by atoms with Crippen LogP contribution in [0.1, 0.15) is 57.8 Å². The number of ether oxygens (including phenoxy) is 1. The van der Waals surface area contributed by atoms with E-state index in [1.165, 1.54) is 12.8 Å². The molecule has 3 aromatic carbocycles. The van der Waals surface area contributed by atoms with Crippen molar-refractivity contribution < 1.29 is 14.6 Å². The number of aryl methyl sites for hydroxylation is 2. The smallest absolute Gasteiger partial charge is 0.337 e. The van der Waals surface area contributed by atoms with E-state index in [1.807, 2.05) is 69.8 Å². The molecule has 1 N–H and O–H groups in total. The summed E-state index contributed by atoms with van der Waals surface area (Å²) in [5.74, 6) is 0.698. The number of halogens is 1. The fourth-order valence-corrected chi connectivity index (χ4v) is 7.38. The molecule has 0 amide bonds. The Bertz CT molecular complexity index is 1840. The molecule has 1 aliphatic heterocycles. The van der Waals surface area contributed by atoms with Gasteiger partial charge in [0.05, 0.1) is 21.3 Å². The number of hydrogen-bond acceptors (Lipinski definition) is 6. The van der Waals surface area contributed by atoms with Gasteiger partial charge in [-0.05, 0) is 87.6 Å². The molecule has 0 saturated carbocycles. The summed E-state index contributed by atoms with van der Waals surface area (Å²) in [5.41, 5.74) is 5.40. The number of nitrogens with zero attached hydrogens (tertiary/aromatic N) is 4. The molecule has 3 heterocycles. The topological polar surface area (TPSA) is 80.5 Å². The second-order valence-electron chi connectivity index (χ2n) is 12.5. The molecule has 1 unspecified atom stereocenters. The summed E-state index contributed by atoms with van der Waals surface area (Å²) >= 11 is 7.83. The number of thiazole rings is 1. The molecule has 2 atom stereocenters. The molecule has 2 aromatic heterocycles. The lowest BCUT2D eigenvalue weighted by atomic mass is 9.91. The molecule has 0 radical (unpaired) electrons. The van der Waals surface area contributed by atoms with Gasteiger partial charge in [0.2, 0.25) is 0 Å². The Labute approximate surface area is 261 Å². The highest BCUT2D eigenvalue weighted by molar-refractivity contribution is 7.22. The van der Waals surface area contributed by atoms with Crippen LogP contribution in [0, 0.1) is 12.8 Å². The number of aromatic nitrogens is 3. The van der Waals surface area contributed by atoms with Gasteiger partial charge >= 0.3 is 5.97 Å². The highest BCUT2D eigenvalue weighted by atomic mass is 35.5. The lowest BCUT2D eigenvalue weighted by Crippen LogP contribution is -2.28. The summed E-state index contributed by atoms with van der Waals surface area (Å²) in [6.45, 7) is 11.9. The van der Waals surface area contributed by atoms with Crippen molar-refractivity contribution in [3.8, 4) is 21.7 Å². The van der Waals surface area contributed by atoms with Gasteiger partial charge in [0.1, 0.15) is 5.01 Å². The fourth-order valence-electron chi connectivity index (χ4n) is 6.13. The van der Waals surface area contributed by atoms with Crippen molar-refractivity contribution >= 4 is 55.8 Å².